The normalized spacial score (nSPS) is 18.7. The molecule has 2 aliphatic heterocycles. The van der Waals surface area contributed by atoms with Crippen molar-refractivity contribution in [2.45, 2.75) is 24.4 Å². The van der Waals surface area contributed by atoms with Crippen LogP contribution in [0.25, 0.3) is 10.9 Å². The number of aliphatic hydroxyl groups is 1. The molecular weight excluding hydrogens is 454 g/mol. The lowest BCUT2D eigenvalue weighted by molar-refractivity contribution is -0.138. The highest BCUT2D eigenvalue weighted by Crippen LogP contribution is 2.49. The molecule has 1 saturated heterocycles. The average Bonchev–Trinajstić information content (AvgIpc) is 3.27. The fourth-order valence-corrected chi connectivity index (χ4v) is 5.93. The number of methoxy groups -OCH3 is 1. The quantitative estimate of drug-likeness (QED) is 0.438. The van der Waals surface area contributed by atoms with E-state index < -0.39 is 6.04 Å². The Kier molecular flexibility index (Phi) is 5.70. The van der Waals surface area contributed by atoms with Gasteiger partial charge in [-0.1, -0.05) is 12.1 Å². The fourth-order valence-electron chi connectivity index (χ4n) is 5.93. The van der Waals surface area contributed by atoms with Crippen molar-refractivity contribution in [1.82, 2.24) is 24.8 Å². The maximum atomic E-state index is 13.6. The number of pyridine rings is 2. The van der Waals surface area contributed by atoms with Gasteiger partial charge in [0.15, 0.2) is 0 Å². The van der Waals surface area contributed by atoms with Crippen molar-refractivity contribution in [3.05, 3.63) is 89.6 Å². The van der Waals surface area contributed by atoms with Gasteiger partial charge in [-0.3, -0.25) is 19.7 Å². The number of aromatic nitrogens is 3. The zero-order valence-corrected chi connectivity index (χ0v) is 20.2. The number of aliphatic hydroxyl groups excluding tert-OH is 1. The summed E-state index contributed by atoms with van der Waals surface area (Å²) in [6.45, 7) is 2.77. The molecule has 8 heteroatoms. The molecule has 8 nitrogen and oxygen atoms in total. The van der Waals surface area contributed by atoms with E-state index in [1.807, 2.05) is 59.6 Å². The van der Waals surface area contributed by atoms with Crippen LogP contribution in [0.3, 0.4) is 0 Å². The molecule has 0 saturated carbocycles. The lowest BCUT2D eigenvalue weighted by Crippen LogP contribution is -2.66. The molecule has 0 bridgehead atoms. The number of nitrogens with one attached hydrogen (secondary N) is 1. The highest BCUT2D eigenvalue weighted by molar-refractivity contribution is 5.89. The number of hydrogen-bond acceptors (Lipinski definition) is 6. The molecule has 0 unspecified atom stereocenters. The van der Waals surface area contributed by atoms with Crippen LogP contribution in [-0.4, -0.2) is 69.1 Å². The summed E-state index contributed by atoms with van der Waals surface area (Å²) >= 11 is 0. The van der Waals surface area contributed by atoms with Crippen LogP contribution in [0.15, 0.2) is 67.0 Å². The van der Waals surface area contributed by atoms with Crippen LogP contribution >= 0.6 is 0 Å². The van der Waals surface area contributed by atoms with Gasteiger partial charge in [0.2, 0.25) is 5.91 Å². The van der Waals surface area contributed by atoms with Gasteiger partial charge in [0, 0.05) is 72.3 Å². The minimum atomic E-state index is -0.440. The van der Waals surface area contributed by atoms with Gasteiger partial charge in [-0.25, -0.2) is 0 Å². The molecule has 184 valence electrons. The molecule has 0 aliphatic carbocycles. The second kappa shape index (κ2) is 9.04. The molecule has 2 aliphatic rings. The monoisotopic (exact) mass is 483 g/mol. The largest absolute Gasteiger partial charge is 0.497 e. The van der Waals surface area contributed by atoms with Crippen molar-refractivity contribution in [3.63, 3.8) is 0 Å². The summed E-state index contributed by atoms with van der Waals surface area (Å²) in [4.78, 5) is 30.2. The second-order valence-electron chi connectivity index (χ2n) is 9.79. The first-order valence-corrected chi connectivity index (χ1v) is 12.2. The number of H-pyrrole nitrogens is 1. The van der Waals surface area contributed by atoms with E-state index in [1.165, 1.54) is 5.56 Å². The number of carbonyl (C=O) groups is 1. The molecule has 4 aromatic rings. The standard InChI is InChI=1S/C28H29N5O3/c1-36-21-8-9-22-23(13-21)31-27-24(15-34)33(25(35)12-19-6-2-4-10-29-19)18-28(26(22)27)16-32(17-28)14-20-7-3-5-11-30-20/h2-11,13,24,31,34H,12,14-18H2,1H3/t24-/m1/s1. The number of nitrogens with zero attached hydrogens (tertiary/aromatic N) is 4. The molecule has 2 N–H and O–H groups in total. The third-order valence-electron chi connectivity index (χ3n) is 7.46. The van der Waals surface area contributed by atoms with Gasteiger partial charge in [0.05, 0.1) is 31.9 Å². The molecule has 6 rings (SSSR count). The summed E-state index contributed by atoms with van der Waals surface area (Å²) < 4.78 is 5.45. The summed E-state index contributed by atoms with van der Waals surface area (Å²) in [5.74, 6) is 0.737. The smallest absolute Gasteiger partial charge is 0.229 e. The third kappa shape index (κ3) is 3.83. The van der Waals surface area contributed by atoms with E-state index in [4.69, 9.17) is 4.74 Å². The first-order valence-electron chi connectivity index (χ1n) is 12.2. The number of rotatable bonds is 6. The Hall–Kier alpha value is -3.75. The summed E-state index contributed by atoms with van der Waals surface area (Å²) in [5.41, 5.74) is 4.60. The second-order valence-corrected chi connectivity index (χ2v) is 9.79. The average molecular weight is 484 g/mol. The minimum Gasteiger partial charge on any atom is -0.497 e. The molecule has 36 heavy (non-hydrogen) atoms. The van der Waals surface area contributed by atoms with Crippen LogP contribution in [0.4, 0.5) is 0 Å². The predicted molar refractivity (Wildman–Crippen MR) is 136 cm³/mol. The molecule has 3 aromatic heterocycles. The zero-order valence-electron chi connectivity index (χ0n) is 20.2. The first-order chi connectivity index (χ1) is 17.6. The number of amides is 1. The number of benzene rings is 1. The predicted octanol–water partition coefficient (Wildman–Crippen LogP) is 2.84. The highest BCUT2D eigenvalue weighted by Gasteiger charge is 2.53. The van der Waals surface area contributed by atoms with E-state index in [2.05, 4.69) is 25.9 Å². The van der Waals surface area contributed by atoms with Crippen LogP contribution in [0.2, 0.25) is 0 Å². The maximum absolute atomic E-state index is 13.6. The van der Waals surface area contributed by atoms with Crippen molar-refractivity contribution in [2.75, 3.05) is 33.4 Å². The van der Waals surface area contributed by atoms with Gasteiger partial charge in [-0.05, 0) is 42.0 Å². The fraction of sp³-hybridized carbons (Fsp3) is 0.321. The zero-order chi connectivity index (χ0) is 24.7. The molecule has 5 heterocycles. The molecule has 1 fully saturated rings. The Bertz CT molecular complexity index is 1380. The Morgan fingerprint density at radius 2 is 1.83 bits per heavy atom. The van der Waals surface area contributed by atoms with Gasteiger partial charge in [-0.2, -0.15) is 0 Å². The van der Waals surface area contributed by atoms with Crippen LogP contribution < -0.4 is 4.74 Å². The third-order valence-corrected chi connectivity index (χ3v) is 7.46. The van der Waals surface area contributed by atoms with Gasteiger partial charge >= 0.3 is 0 Å². The van der Waals surface area contributed by atoms with Crippen LogP contribution in [-0.2, 0) is 23.2 Å². The summed E-state index contributed by atoms with van der Waals surface area (Å²) in [7, 11) is 1.65. The Morgan fingerprint density at radius 3 is 2.50 bits per heavy atom. The van der Waals surface area contributed by atoms with Gasteiger partial charge in [0.25, 0.3) is 0 Å². The molecule has 1 spiro atoms. The van der Waals surface area contributed by atoms with Crippen molar-refractivity contribution in [3.8, 4) is 5.75 Å². The molecule has 1 aromatic carbocycles. The Morgan fingerprint density at radius 1 is 1.08 bits per heavy atom. The highest BCUT2D eigenvalue weighted by atomic mass is 16.5. The van der Waals surface area contributed by atoms with Crippen molar-refractivity contribution >= 4 is 16.8 Å². The van der Waals surface area contributed by atoms with Crippen LogP contribution in [0.5, 0.6) is 5.75 Å². The van der Waals surface area contributed by atoms with E-state index in [0.29, 0.717) is 6.54 Å². The lowest BCUT2D eigenvalue weighted by atomic mass is 9.68. The number of ether oxygens (including phenoxy) is 1. The maximum Gasteiger partial charge on any atom is 0.229 e. The van der Waals surface area contributed by atoms with E-state index in [9.17, 15) is 9.90 Å². The number of likely N-dealkylation sites (tertiary alicyclic amines) is 1. The Labute approximate surface area is 209 Å². The van der Waals surface area contributed by atoms with Crippen molar-refractivity contribution < 1.29 is 14.6 Å². The Balaban J connectivity index is 1.38. The van der Waals surface area contributed by atoms with Crippen molar-refractivity contribution in [1.29, 1.82) is 0 Å². The molecule has 1 amide bonds. The van der Waals surface area contributed by atoms with E-state index in [0.717, 1.165) is 53.4 Å². The molecule has 1 atom stereocenters. The van der Waals surface area contributed by atoms with Gasteiger partial charge in [-0.15, -0.1) is 0 Å². The summed E-state index contributed by atoms with van der Waals surface area (Å²) in [6, 6.07) is 17.2. The number of fused-ring (bicyclic) bond motifs is 4. The number of carbonyl (C=O) groups excluding carboxylic acids is 1. The summed E-state index contributed by atoms with van der Waals surface area (Å²) in [6.07, 6.45) is 3.73. The van der Waals surface area contributed by atoms with Crippen LogP contribution in [0.1, 0.15) is 28.7 Å². The lowest BCUT2D eigenvalue weighted by Gasteiger charge is -2.56. The first kappa shape index (κ1) is 22.7. The molecular formula is C28H29N5O3. The van der Waals surface area contributed by atoms with E-state index >= 15 is 0 Å². The van der Waals surface area contributed by atoms with Gasteiger partial charge in [0.1, 0.15) is 5.75 Å². The topological polar surface area (TPSA) is 94.6 Å². The van der Waals surface area contributed by atoms with E-state index in [1.54, 1.807) is 13.3 Å². The van der Waals surface area contributed by atoms with Crippen molar-refractivity contribution in [2.24, 2.45) is 0 Å². The van der Waals surface area contributed by atoms with Crippen LogP contribution in [0, 0.1) is 0 Å². The SMILES string of the molecule is COc1ccc2c3c([nH]c2c1)[C@@H](CO)N(C(=O)Cc1ccccn1)CC31CN(Cc2ccccn2)C1. The minimum absolute atomic E-state index is 0.0304. The van der Waals surface area contributed by atoms with E-state index in [-0.39, 0.29) is 24.3 Å². The molecule has 0 radical (unpaired) electrons. The number of hydrogen-bond donors (Lipinski definition) is 2. The number of aromatic amines is 1. The van der Waals surface area contributed by atoms with Gasteiger partial charge < -0.3 is 19.7 Å². The summed E-state index contributed by atoms with van der Waals surface area (Å²) in [5, 5.41) is 11.6.